The van der Waals surface area contributed by atoms with Gasteiger partial charge in [-0.25, -0.2) is 9.38 Å². The van der Waals surface area contributed by atoms with Gasteiger partial charge in [0.15, 0.2) is 0 Å². The molecule has 2 aromatic heterocycles. The number of hydrogen-bond donors (Lipinski definition) is 0. The molecule has 7 heteroatoms. The molecule has 0 fully saturated rings. The van der Waals surface area contributed by atoms with E-state index in [0.717, 1.165) is 15.8 Å². The highest BCUT2D eigenvalue weighted by molar-refractivity contribution is 7.17. The van der Waals surface area contributed by atoms with Crippen LogP contribution in [-0.4, -0.2) is 15.9 Å². The average Bonchev–Trinajstić information content (AvgIpc) is 3.36. The first-order valence-corrected chi connectivity index (χ1v) is 9.15. The first kappa shape index (κ1) is 17.1. The maximum Gasteiger partial charge on any atom is 0.262 e. The van der Waals surface area contributed by atoms with Gasteiger partial charge in [0.2, 0.25) is 5.89 Å². The van der Waals surface area contributed by atoms with Gasteiger partial charge in [-0.2, -0.15) is 5.26 Å². The van der Waals surface area contributed by atoms with E-state index in [4.69, 9.17) is 9.41 Å². The molecule has 4 aromatic rings. The third kappa shape index (κ3) is 3.23. The van der Waals surface area contributed by atoms with Crippen LogP contribution < -0.4 is 0 Å². The molecular formula is C20H13FN4OS. The zero-order valence-electron chi connectivity index (χ0n) is 14.3. The van der Waals surface area contributed by atoms with E-state index in [1.807, 2.05) is 24.4 Å². The number of thiophene rings is 1. The Hall–Kier alpha value is -3.37. The van der Waals surface area contributed by atoms with E-state index in [1.165, 1.54) is 23.5 Å². The van der Waals surface area contributed by atoms with Crippen molar-refractivity contribution < 1.29 is 8.81 Å². The van der Waals surface area contributed by atoms with Crippen molar-refractivity contribution >= 4 is 32.8 Å². The number of nitrogens with zero attached hydrogens (tertiary/aromatic N) is 4. The third-order valence-electron chi connectivity index (χ3n) is 4.07. The SMILES string of the molecule is CCC(=Nc1ccc(C#N)c2sccc12)c1nnc(-c2ccc(F)cc2)o1. The van der Waals surface area contributed by atoms with Crippen molar-refractivity contribution in [3.05, 3.63) is 65.1 Å². The normalized spacial score (nSPS) is 11.7. The van der Waals surface area contributed by atoms with Crippen LogP contribution in [0.1, 0.15) is 24.8 Å². The summed E-state index contributed by atoms with van der Waals surface area (Å²) in [5.41, 5.74) is 2.68. The van der Waals surface area contributed by atoms with Crippen LogP contribution in [0.3, 0.4) is 0 Å². The smallest absolute Gasteiger partial charge is 0.262 e. The van der Waals surface area contributed by atoms with Crippen molar-refractivity contribution in [2.75, 3.05) is 0 Å². The lowest BCUT2D eigenvalue weighted by Gasteiger charge is -2.02. The maximum atomic E-state index is 13.1. The topological polar surface area (TPSA) is 75.1 Å². The lowest BCUT2D eigenvalue weighted by atomic mass is 10.1. The minimum Gasteiger partial charge on any atom is -0.415 e. The van der Waals surface area contributed by atoms with Crippen LogP contribution in [-0.2, 0) is 0 Å². The van der Waals surface area contributed by atoms with Crippen LogP contribution >= 0.6 is 11.3 Å². The fourth-order valence-corrected chi connectivity index (χ4v) is 3.59. The Balaban J connectivity index is 1.74. The van der Waals surface area contributed by atoms with Crippen LogP contribution in [0.4, 0.5) is 10.1 Å². The van der Waals surface area contributed by atoms with Crippen molar-refractivity contribution in [3.8, 4) is 17.5 Å². The molecule has 0 amide bonds. The van der Waals surface area contributed by atoms with E-state index >= 15 is 0 Å². The molecule has 0 aliphatic carbocycles. The van der Waals surface area contributed by atoms with Gasteiger partial charge in [-0.1, -0.05) is 6.92 Å². The Morgan fingerprint density at radius 1 is 1.19 bits per heavy atom. The molecule has 4 rings (SSSR count). The van der Waals surface area contributed by atoms with Gasteiger partial charge in [-0.15, -0.1) is 21.5 Å². The molecule has 5 nitrogen and oxygen atoms in total. The molecule has 0 N–H and O–H groups in total. The highest BCUT2D eigenvalue weighted by Gasteiger charge is 2.14. The van der Waals surface area contributed by atoms with Crippen molar-refractivity contribution in [3.63, 3.8) is 0 Å². The summed E-state index contributed by atoms with van der Waals surface area (Å²) in [6.07, 6.45) is 0.594. The molecule has 132 valence electrons. The minimum atomic E-state index is -0.324. The number of benzene rings is 2. The van der Waals surface area contributed by atoms with Gasteiger partial charge in [0.1, 0.15) is 17.6 Å². The second-order valence-corrected chi connectivity index (χ2v) is 6.65. The predicted molar refractivity (Wildman–Crippen MR) is 103 cm³/mol. The maximum absolute atomic E-state index is 13.1. The molecule has 0 spiro atoms. The number of aromatic nitrogens is 2. The standard InChI is InChI=1S/C20H13FN4OS/c1-2-16(20-25-24-19(26-20)12-3-6-14(21)7-4-12)23-17-8-5-13(11-22)18-15(17)9-10-27-18/h3-10H,2H2,1H3. The van der Waals surface area contributed by atoms with Crippen molar-refractivity contribution in [2.45, 2.75) is 13.3 Å². The summed E-state index contributed by atoms with van der Waals surface area (Å²) in [7, 11) is 0. The molecule has 0 atom stereocenters. The van der Waals surface area contributed by atoms with Gasteiger partial charge < -0.3 is 4.42 Å². The monoisotopic (exact) mass is 376 g/mol. The Bertz CT molecular complexity index is 1180. The molecular weight excluding hydrogens is 363 g/mol. The minimum absolute atomic E-state index is 0.312. The summed E-state index contributed by atoms with van der Waals surface area (Å²) in [4.78, 5) is 4.70. The molecule has 27 heavy (non-hydrogen) atoms. The Labute approximate surface area is 158 Å². The van der Waals surface area contributed by atoms with E-state index in [2.05, 4.69) is 16.3 Å². The van der Waals surface area contributed by atoms with Gasteiger partial charge in [0, 0.05) is 10.9 Å². The summed E-state index contributed by atoms with van der Waals surface area (Å²) in [6.45, 7) is 1.95. The summed E-state index contributed by atoms with van der Waals surface area (Å²) >= 11 is 1.51. The summed E-state index contributed by atoms with van der Waals surface area (Å²) < 4.78 is 19.7. The third-order valence-corrected chi connectivity index (χ3v) is 5.02. The van der Waals surface area contributed by atoms with Crippen LogP contribution in [0.5, 0.6) is 0 Å². The van der Waals surface area contributed by atoms with Crippen LogP contribution in [0.25, 0.3) is 21.5 Å². The predicted octanol–water partition coefficient (Wildman–Crippen LogP) is 5.49. The van der Waals surface area contributed by atoms with Crippen molar-refractivity contribution in [1.82, 2.24) is 10.2 Å². The van der Waals surface area contributed by atoms with E-state index in [1.54, 1.807) is 18.2 Å². The highest BCUT2D eigenvalue weighted by atomic mass is 32.1. The number of nitriles is 1. The zero-order chi connectivity index (χ0) is 18.8. The lowest BCUT2D eigenvalue weighted by molar-refractivity contribution is 0.556. The van der Waals surface area contributed by atoms with Crippen LogP contribution in [0.15, 0.2) is 57.3 Å². The van der Waals surface area contributed by atoms with E-state index < -0.39 is 0 Å². The first-order chi connectivity index (χ1) is 13.2. The number of aliphatic imine (C=N–C) groups is 1. The van der Waals surface area contributed by atoms with E-state index in [0.29, 0.717) is 35.0 Å². The molecule has 0 saturated heterocycles. The average molecular weight is 376 g/mol. The number of fused-ring (bicyclic) bond motifs is 1. The molecule has 2 heterocycles. The Morgan fingerprint density at radius 3 is 2.74 bits per heavy atom. The van der Waals surface area contributed by atoms with E-state index in [-0.39, 0.29) is 5.82 Å². The largest absolute Gasteiger partial charge is 0.415 e. The molecule has 2 aromatic carbocycles. The summed E-state index contributed by atoms with van der Waals surface area (Å²) in [5, 5.41) is 20.2. The first-order valence-electron chi connectivity index (χ1n) is 8.27. The second kappa shape index (κ2) is 7.09. The van der Waals surface area contributed by atoms with Gasteiger partial charge in [0.25, 0.3) is 5.89 Å². The van der Waals surface area contributed by atoms with Gasteiger partial charge >= 0.3 is 0 Å². The van der Waals surface area contributed by atoms with Crippen LogP contribution in [0.2, 0.25) is 0 Å². The van der Waals surface area contributed by atoms with Gasteiger partial charge in [-0.3, -0.25) is 0 Å². The second-order valence-electron chi connectivity index (χ2n) is 5.74. The number of hydrogen-bond acceptors (Lipinski definition) is 6. The fourth-order valence-electron chi connectivity index (χ4n) is 2.71. The molecule has 0 radical (unpaired) electrons. The summed E-state index contributed by atoms with van der Waals surface area (Å²) in [6, 6.07) is 13.6. The van der Waals surface area contributed by atoms with Gasteiger partial charge in [-0.05, 0) is 54.3 Å². The van der Waals surface area contributed by atoms with Gasteiger partial charge in [0.05, 0.1) is 16.0 Å². The lowest BCUT2D eigenvalue weighted by Crippen LogP contribution is -1.99. The summed E-state index contributed by atoms with van der Waals surface area (Å²) in [5.74, 6) is 0.311. The molecule has 0 aliphatic rings. The highest BCUT2D eigenvalue weighted by Crippen LogP contribution is 2.33. The van der Waals surface area contributed by atoms with Crippen molar-refractivity contribution in [1.29, 1.82) is 5.26 Å². The van der Waals surface area contributed by atoms with E-state index in [9.17, 15) is 9.65 Å². The van der Waals surface area contributed by atoms with Crippen LogP contribution in [0, 0.1) is 17.1 Å². The molecule has 0 unspecified atom stereocenters. The fraction of sp³-hybridized carbons (Fsp3) is 0.100. The Kier molecular flexibility index (Phi) is 4.48. The zero-order valence-corrected chi connectivity index (χ0v) is 15.1. The van der Waals surface area contributed by atoms with Crippen molar-refractivity contribution in [2.24, 2.45) is 4.99 Å². The molecule has 0 saturated carbocycles. The Morgan fingerprint density at radius 2 is 2.00 bits per heavy atom. The molecule has 0 bridgehead atoms. The molecule has 0 aliphatic heterocycles. The number of halogens is 1. The quantitative estimate of drug-likeness (QED) is 0.441. The number of rotatable bonds is 4.